The van der Waals surface area contributed by atoms with Crippen LogP contribution in [0.2, 0.25) is 0 Å². The summed E-state index contributed by atoms with van der Waals surface area (Å²) in [7, 11) is -3.44. The molecule has 0 spiro atoms. The number of nitrogens with one attached hydrogen (secondary N) is 1. The van der Waals surface area contributed by atoms with Crippen molar-refractivity contribution in [3.05, 3.63) is 51.2 Å². The number of aliphatic imine (C=N–C) groups is 1. The van der Waals surface area contributed by atoms with E-state index in [2.05, 4.69) is 29.6 Å². The molecule has 1 N–H and O–H groups in total. The number of sulfonamides is 1. The van der Waals surface area contributed by atoms with Crippen LogP contribution in [0.5, 0.6) is 0 Å². The highest BCUT2D eigenvalue weighted by molar-refractivity contribution is 7.90. The predicted molar refractivity (Wildman–Crippen MR) is 80.8 cm³/mol. The number of fused-ring (bicyclic) bond motifs is 1. The van der Waals surface area contributed by atoms with Gasteiger partial charge in [0.1, 0.15) is 5.84 Å². The summed E-state index contributed by atoms with van der Waals surface area (Å²) in [5.41, 5.74) is 1.90. The number of hydrogen-bond donors (Lipinski definition) is 1. The second-order valence-corrected chi connectivity index (χ2v) is 7.71. The van der Waals surface area contributed by atoms with Gasteiger partial charge in [-0.3, -0.25) is 9.71 Å². The van der Waals surface area contributed by atoms with Crippen LogP contribution in [0.1, 0.15) is 20.9 Å². The molecule has 3 rings (SSSR count). The number of rotatable bonds is 2. The lowest BCUT2D eigenvalue weighted by Crippen LogP contribution is -2.22. The van der Waals surface area contributed by atoms with Crippen LogP contribution in [0.4, 0.5) is 0 Å². The Labute approximate surface area is 122 Å². The summed E-state index contributed by atoms with van der Waals surface area (Å²) in [5.74, 6) is 0.435. The van der Waals surface area contributed by atoms with Crippen LogP contribution in [0.25, 0.3) is 0 Å². The number of benzene rings is 1. The monoisotopic (exact) mass is 306 g/mol. The van der Waals surface area contributed by atoms with Gasteiger partial charge in [0.15, 0.2) is 0 Å². The van der Waals surface area contributed by atoms with E-state index in [1.807, 2.05) is 6.07 Å². The number of hydrogen-bond acceptors (Lipinski definition) is 4. The van der Waals surface area contributed by atoms with Crippen LogP contribution >= 0.6 is 11.3 Å². The maximum Gasteiger partial charge on any atom is 0.263 e. The van der Waals surface area contributed by atoms with Gasteiger partial charge in [-0.25, -0.2) is 8.42 Å². The molecule has 0 saturated heterocycles. The van der Waals surface area contributed by atoms with Gasteiger partial charge in [0.25, 0.3) is 10.0 Å². The topological polar surface area (TPSA) is 58.5 Å². The Morgan fingerprint density at radius 1 is 1.25 bits per heavy atom. The average Bonchev–Trinajstić information content (AvgIpc) is 2.86. The SMILES string of the molecule is Cc1cc(CN=C2NS(=O)(=O)c3ccccc32)sc1C. The number of amidine groups is 1. The van der Waals surface area contributed by atoms with Crippen molar-refractivity contribution in [3.63, 3.8) is 0 Å². The third-order valence-electron chi connectivity index (χ3n) is 3.27. The Hall–Kier alpha value is -1.66. The largest absolute Gasteiger partial charge is 0.263 e. The Balaban J connectivity index is 1.94. The van der Waals surface area contributed by atoms with Gasteiger partial charge in [0.2, 0.25) is 0 Å². The van der Waals surface area contributed by atoms with E-state index >= 15 is 0 Å². The van der Waals surface area contributed by atoms with Crippen LogP contribution in [0.3, 0.4) is 0 Å². The summed E-state index contributed by atoms with van der Waals surface area (Å²) in [6, 6.07) is 9.00. The number of thiophene rings is 1. The van der Waals surface area contributed by atoms with E-state index in [9.17, 15) is 8.42 Å². The molecule has 6 heteroatoms. The molecule has 104 valence electrons. The highest BCUT2D eigenvalue weighted by Gasteiger charge is 2.29. The van der Waals surface area contributed by atoms with Crippen molar-refractivity contribution >= 4 is 27.2 Å². The van der Waals surface area contributed by atoms with Gasteiger partial charge in [-0.1, -0.05) is 12.1 Å². The summed E-state index contributed by atoms with van der Waals surface area (Å²) in [5, 5.41) is 0. The standard InChI is InChI=1S/C14H14N2O2S2/c1-9-7-11(19-10(9)2)8-15-14-12-5-3-4-6-13(12)20(17,18)16-14/h3-7H,8H2,1-2H3,(H,15,16). The molecule has 1 aliphatic rings. The van der Waals surface area contributed by atoms with Crippen molar-refractivity contribution in [1.82, 2.24) is 4.72 Å². The van der Waals surface area contributed by atoms with E-state index in [0.29, 0.717) is 22.8 Å². The van der Waals surface area contributed by atoms with Crippen LogP contribution < -0.4 is 4.72 Å². The minimum Gasteiger partial charge on any atom is -0.263 e. The molecule has 0 saturated carbocycles. The Morgan fingerprint density at radius 3 is 2.70 bits per heavy atom. The predicted octanol–water partition coefficient (Wildman–Crippen LogP) is 2.60. The second-order valence-electron chi connectivity index (χ2n) is 4.72. The molecule has 0 amide bonds. The molecule has 20 heavy (non-hydrogen) atoms. The van der Waals surface area contributed by atoms with Crippen molar-refractivity contribution in [2.24, 2.45) is 4.99 Å². The van der Waals surface area contributed by atoms with E-state index in [1.165, 1.54) is 10.4 Å². The molecule has 0 unspecified atom stereocenters. The summed E-state index contributed by atoms with van der Waals surface area (Å²) in [6.45, 7) is 4.63. The van der Waals surface area contributed by atoms with Crippen LogP contribution in [-0.4, -0.2) is 14.3 Å². The first-order valence-corrected chi connectivity index (χ1v) is 8.50. The van der Waals surface area contributed by atoms with E-state index in [-0.39, 0.29) is 0 Å². The first-order valence-electron chi connectivity index (χ1n) is 6.20. The third-order valence-corrected chi connectivity index (χ3v) is 5.81. The Kier molecular flexibility index (Phi) is 3.14. The first-order chi connectivity index (χ1) is 9.47. The van der Waals surface area contributed by atoms with E-state index < -0.39 is 10.0 Å². The van der Waals surface area contributed by atoms with E-state index in [4.69, 9.17) is 0 Å². The van der Waals surface area contributed by atoms with Gasteiger partial charge in [0, 0.05) is 15.3 Å². The van der Waals surface area contributed by atoms with Crippen molar-refractivity contribution in [1.29, 1.82) is 0 Å². The Bertz CT molecular complexity index is 785. The molecule has 1 aliphatic heterocycles. The van der Waals surface area contributed by atoms with Gasteiger partial charge in [-0.2, -0.15) is 0 Å². The molecule has 0 fully saturated rings. The zero-order valence-electron chi connectivity index (χ0n) is 11.2. The molecule has 2 heterocycles. The Morgan fingerprint density at radius 2 is 2.00 bits per heavy atom. The van der Waals surface area contributed by atoms with E-state index in [1.54, 1.807) is 29.5 Å². The van der Waals surface area contributed by atoms with Crippen LogP contribution in [0, 0.1) is 13.8 Å². The number of aryl methyl sites for hydroxylation is 2. The van der Waals surface area contributed by atoms with Crippen molar-refractivity contribution in [2.75, 3.05) is 0 Å². The highest BCUT2D eigenvalue weighted by Crippen LogP contribution is 2.24. The summed E-state index contributed by atoms with van der Waals surface area (Å²) < 4.78 is 26.4. The molecule has 2 aromatic rings. The molecule has 0 atom stereocenters. The lowest BCUT2D eigenvalue weighted by Gasteiger charge is -1.97. The number of nitrogens with zero attached hydrogens (tertiary/aromatic N) is 1. The highest BCUT2D eigenvalue weighted by atomic mass is 32.2. The zero-order chi connectivity index (χ0) is 14.3. The van der Waals surface area contributed by atoms with Gasteiger partial charge >= 0.3 is 0 Å². The lowest BCUT2D eigenvalue weighted by atomic mass is 10.2. The smallest absolute Gasteiger partial charge is 0.263 e. The molecule has 1 aromatic carbocycles. The van der Waals surface area contributed by atoms with E-state index in [0.717, 1.165) is 4.88 Å². The molecular weight excluding hydrogens is 292 g/mol. The maximum atomic E-state index is 11.9. The van der Waals surface area contributed by atoms with Crippen molar-refractivity contribution < 1.29 is 8.42 Å². The second kappa shape index (κ2) is 4.71. The fourth-order valence-electron chi connectivity index (χ4n) is 2.14. The molecule has 0 radical (unpaired) electrons. The average molecular weight is 306 g/mol. The molecule has 0 bridgehead atoms. The quantitative estimate of drug-likeness (QED) is 0.927. The first kappa shape index (κ1) is 13.3. The molecule has 4 nitrogen and oxygen atoms in total. The minimum absolute atomic E-state index is 0.303. The fourth-order valence-corrected chi connectivity index (χ4v) is 4.36. The minimum atomic E-state index is -3.44. The zero-order valence-corrected chi connectivity index (χ0v) is 12.8. The van der Waals surface area contributed by atoms with Crippen LogP contribution in [0.15, 0.2) is 40.2 Å². The normalized spacial score (nSPS) is 18.0. The third kappa shape index (κ3) is 2.25. The molecule has 0 aliphatic carbocycles. The summed E-state index contributed by atoms with van der Waals surface area (Å²) >= 11 is 1.69. The lowest BCUT2D eigenvalue weighted by molar-refractivity contribution is 0.595. The van der Waals surface area contributed by atoms with Gasteiger partial charge < -0.3 is 0 Å². The van der Waals surface area contributed by atoms with Crippen molar-refractivity contribution in [2.45, 2.75) is 25.3 Å². The maximum absolute atomic E-state index is 11.9. The summed E-state index contributed by atoms with van der Waals surface area (Å²) in [6.07, 6.45) is 0. The molecule has 1 aromatic heterocycles. The summed E-state index contributed by atoms with van der Waals surface area (Å²) in [4.78, 5) is 7.13. The van der Waals surface area contributed by atoms with Gasteiger partial charge in [-0.15, -0.1) is 11.3 Å². The van der Waals surface area contributed by atoms with Crippen molar-refractivity contribution in [3.8, 4) is 0 Å². The van der Waals surface area contributed by atoms with Gasteiger partial charge in [0.05, 0.1) is 11.4 Å². The fraction of sp³-hybridized carbons (Fsp3) is 0.214. The molecular formula is C14H14N2O2S2. The van der Waals surface area contributed by atoms with Crippen LogP contribution in [-0.2, 0) is 16.6 Å². The van der Waals surface area contributed by atoms with Gasteiger partial charge in [-0.05, 0) is 37.6 Å².